The summed E-state index contributed by atoms with van der Waals surface area (Å²) in [5.74, 6) is 0.257. The van der Waals surface area contributed by atoms with Crippen LogP contribution in [-0.2, 0) is 10.1 Å². The second-order valence-corrected chi connectivity index (χ2v) is 9.02. The number of hydrogen-bond donors (Lipinski definition) is 3. The molecule has 3 rings (SSSR count). The molecule has 28 heavy (non-hydrogen) atoms. The molecule has 0 fully saturated rings. The normalized spacial score (nSPS) is 13.3. The summed E-state index contributed by atoms with van der Waals surface area (Å²) >= 11 is 8.40. The molecular weight excluding hydrogens is 532 g/mol. The van der Waals surface area contributed by atoms with E-state index in [0.717, 1.165) is 22.0 Å². The highest BCUT2D eigenvalue weighted by molar-refractivity contribution is 14.1. The van der Waals surface area contributed by atoms with Gasteiger partial charge in [0.15, 0.2) is 0 Å². The zero-order valence-corrected chi connectivity index (χ0v) is 20.0. The molecule has 2 aromatic carbocycles. The summed E-state index contributed by atoms with van der Waals surface area (Å²) in [6.07, 6.45) is 1.76. The number of rotatable bonds is 5. The molecule has 0 aliphatic heterocycles. The highest BCUT2D eigenvalue weighted by Gasteiger charge is 2.41. The van der Waals surface area contributed by atoms with Gasteiger partial charge in [-0.2, -0.15) is 0 Å². The summed E-state index contributed by atoms with van der Waals surface area (Å²) in [7, 11) is 0. The summed E-state index contributed by atoms with van der Waals surface area (Å²) in [6.45, 7) is 4.74. The molecule has 0 radical (unpaired) electrons. The molecule has 0 aliphatic rings. The molecule has 0 aliphatic carbocycles. The smallest absolute Gasteiger partial charge is 0.115 e. The number of nitrogens with one attached hydrogen (secondary N) is 1. The molecule has 3 aromatic rings. The molecule has 0 spiro atoms. The number of hydrogen-bond acceptors (Lipinski definition) is 4. The number of phenolic OH excluding ortho intramolecular Hbond substituents is 1. The van der Waals surface area contributed by atoms with Gasteiger partial charge in [0, 0.05) is 28.7 Å². The third kappa shape index (κ3) is 5.20. The monoisotopic (exact) mass is 553 g/mol. The van der Waals surface area contributed by atoms with Crippen molar-refractivity contribution in [3.63, 3.8) is 0 Å². The fourth-order valence-electron chi connectivity index (χ4n) is 2.89. The molecule has 1 aromatic heterocycles. The second kappa shape index (κ2) is 9.78. The van der Waals surface area contributed by atoms with Gasteiger partial charge in [0.2, 0.25) is 0 Å². The van der Waals surface area contributed by atoms with Gasteiger partial charge >= 0.3 is 0 Å². The van der Waals surface area contributed by atoms with Gasteiger partial charge in [-0.1, -0.05) is 52.4 Å². The molecule has 1 heterocycles. The Bertz CT molecular complexity index is 951. The van der Waals surface area contributed by atoms with E-state index in [1.54, 1.807) is 18.3 Å². The van der Waals surface area contributed by atoms with Crippen molar-refractivity contribution in [2.75, 3.05) is 0 Å². The van der Waals surface area contributed by atoms with Gasteiger partial charge in [-0.25, -0.2) is 0 Å². The van der Waals surface area contributed by atoms with Crippen molar-refractivity contribution in [3.05, 3.63) is 70.9 Å². The van der Waals surface area contributed by atoms with Gasteiger partial charge in [0.25, 0.3) is 0 Å². The molecule has 4 nitrogen and oxygen atoms in total. The number of aromatic nitrogens is 1. The summed E-state index contributed by atoms with van der Waals surface area (Å²) < 4.78 is -0.698. The van der Waals surface area contributed by atoms with E-state index < -0.39 is 9.08 Å². The largest absolute Gasteiger partial charge is 0.508 e. The average Bonchev–Trinajstić information content (AvgIpc) is 2.59. The summed E-state index contributed by atoms with van der Waals surface area (Å²) in [5.41, 5.74) is 9.21. The first-order valence-corrected chi connectivity index (χ1v) is 9.72. The zero-order chi connectivity index (χ0) is 18.9. The number of nitrogens with zero attached hydrogens (tertiary/aromatic N) is 1. The molecule has 1 atom stereocenters. The number of alkyl halides is 1. The second-order valence-electron chi connectivity index (χ2n) is 6.88. The number of fused-ring (bicyclic) bond motifs is 1. The van der Waals surface area contributed by atoms with Gasteiger partial charge in [0.05, 0.1) is 5.52 Å². The van der Waals surface area contributed by atoms with Crippen LogP contribution in [-0.4, -0.2) is 15.6 Å². The molecule has 4 N–H and O–H groups in total. The van der Waals surface area contributed by atoms with Crippen molar-refractivity contribution in [2.45, 2.75) is 29.5 Å². The molecule has 0 saturated heterocycles. The maximum absolute atomic E-state index is 9.65. The number of halogens is 4. The topological polar surface area (TPSA) is 71.2 Å². The van der Waals surface area contributed by atoms with Crippen LogP contribution < -0.4 is 11.1 Å². The van der Waals surface area contributed by atoms with Crippen molar-refractivity contribution in [1.82, 2.24) is 10.3 Å². The molecule has 0 saturated carbocycles. The Morgan fingerprint density at radius 3 is 2.54 bits per heavy atom. The molecule has 0 amide bonds. The highest BCUT2D eigenvalue weighted by Crippen LogP contribution is 2.40. The Hall–Kier alpha value is -0.830. The van der Waals surface area contributed by atoms with Crippen LogP contribution >= 0.6 is 59.0 Å². The van der Waals surface area contributed by atoms with Crippen LogP contribution in [0.25, 0.3) is 10.9 Å². The lowest BCUT2D eigenvalue weighted by Crippen LogP contribution is -2.58. The fraction of sp³-hybridized carbons (Fsp3) is 0.250. The lowest BCUT2D eigenvalue weighted by Gasteiger charge is -2.41. The van der Waals surface area contributed by atoms with Gasteiger partial charge in [-0.15, -0.1) is 24.8 Å². The van der Waals surface area contributed by atoms with E-state index >= 15 is 0 Å². The number of pyridine rings is 1. The lowest BCUT2D eigenvalue weighted by molar-refractivity contribution is 0.307. The van der Waals surface area contributed by atoms with Crippen molar-refractivity contribution < 1.29 is 5.11 Å². The van der Waals surface area contributed by atoms with Gasteiger partial charge in [-0.05, 0) is 55.3 Å². The van der Waals surface area contributed by atoms with E-state index in [4.69, 9.17) is 17.3 Å². The van der Waals surface area contributed by atoms with Crippen molar-refractivity contribution in [1.29, 1.82) is 0 Å². The van der Waals surface area contributed by atoms with Crippen LogP contribution in [0.3, 0.4) is 0 Å². The van der Waals surface area contributed by atoms with E-state index in [9.17, 15) is 5.11 Å². The quantitative estimate of drug-likeness (QED) is 0.220. The van der Waals surface area contributed by atoms with E-state index in [1.807, 2.05) is 36.4 Å². The standard InChI is InChI=1S/C20H21ClIN3O.2ClH/c1-19(2,25-12-13-4-3-5-15(26)10-13)20(22,23)17-8-9-24-18-11-14(21)6-7-16(17)18;;/h3-11,25-26H,12,23H2,1-2H3;2*1H. The number of aromatic hydroxyl groups is 1. The Kier molecular flexibility index (Phi) is 8.81. The van der Waals surface area contributed by atoms with Crippen molar-refractivity contribution in [2.24, 2.45) is 5.73 Å². The van der Waals surface area contributed by atoms with E-state index in [0.29, 0.717) is 11.6 Å². The van der Waals surface area contributed by atoms with Crippen LogP contribution in [0, 0.1) is 0 Å². The summed E-state index contributed by atoms with van der Waals surface area (Å²) in [4.78, 5) is 4.41. The molecule has 152 valence electrons. The first kappa shape index (κ1) is 25.2. The number of benzene rings is 2. The predicted molar refractivity (Wildman–Crippen MR) is 130 cm³/mol. The third-order valence-corrected chi connectivity index (χ3v) is 6.82. The third-order valence-electron chi connectivity index (χ3n) is 4.65. The van der Waals surface area contributed by atoms with Crippen LogP contribution in [0.2, 0.25) is 5.02 Å². The zero-order valence-electron chi connectivity index (χ0n) is 15.4. The minimum absolute atomic E-state index is 0. The van der Waals surface area contributed by atoms with E-state index in [-0.39, 0.29) is 30.6 Å². The summed E-state index contributed by atoms with van der Waals surface area (Å²) in [6, 6.07) is 14.8. The maximum atomic E-state index is 9.65. The minimum atomic E-state index is -0.698. The van der Waals surface area contributed by atoms with Crippen molar-refractivity contribution >= 4 is 69.9 Å². The first-order chi connectivity index (χ1) is 12.2. The van der Waals surface area contributed by atoms with Gasteiger partial charge in [0.1, 0.15) is 9.30 Å². The predicted octanol–water partition coefficient (Wildman–Crippen LogP) is 5.55. The number of nitrogens with two attached hydrogens (primary N) is 1. The SMILES string of the molecule is CC(C)(NCc1cccc(O)c1)C(N)(I)c1ccnc2cc(Cl)ccc12.Cl.Cl. The highest BCUT2D eigenvalue weighted by atomic mass is 127. The molecular formula is C20H23Cl3IN3O. The van der Waals surface area contributed by atoms with Crippen LogP contribution in [0.1, 0.15) is 25.0 Å². The summed E-state index contributed by atoms with van der Waals surface area (Å²) in [5, 5.41) is 14.8. The van der Waals surface area contributed by atoms with Crippen molar-refractivity contribution in [3.8, 4) is 5.75 Å². The van der Waals surface area contributed by atoms with E-state index in [2.05, 4.69) is 46.7 Å². The average molecular weight is 555 g/mol. The van der Waals surface area contributed by atoms with Gasteiger partial charge < -0.3 is 16.2 Å². The molecule has 1 unspecified atom stereocenters. The van der Waals surface area contributed by atoms with Crippen LogP contribution in [0.5, 0.6) is 5.75 Å². The Morgan fingerprint density at radius 2 is 1.86 bits per heavy atom. The molecule has 8 heteroatoms. The number of phenols is 1. The van der Waals surface area contributed by atoms with E-state index in [1.165, 1.54) is 0 Å². The molecule has 0 bridgehead atoms. The maximum Gasteiger partial charge on any atom is 0.115 e. The van der Waals surface area contributed by atoms with Crippen LogP contribution in [0.15, 0.2) is 54.7 Å². The van der Waals surface area contributed by atoms with Crippen LogP contribution in [0.4, 0.5) is 0 Å². The Labute approximate surface area is 196 Å². The minimum Gasteiger partial charge on any atom is -0.508 e. The lowest BCUT2D eigenvalue weighted by atomic mass is 9.87. The Morgan fingerprint density at radius 1 is 1.14 bits per heavy atom. The van der Waals surface area contributed by atoms with Gasteiger partial charge in [-0.3, -0.25) is 4.98 Å². The fourth-order valence-corrected chi connectivity index (χ4v) is 3.72. The Balaban J connectivity index is 0.00000196. The first-order valence-electron chi connectivity index (χ1n) is 8.26.